The van der Waals surface area contributed by atoms with E-state index in [1.807, 2.05) is 13.8 Å². The van der Waals surface area contributed by atoms with Gasteiger partial charge in [-0.2, -0.15) is 0 Å². The molecule has 332 valence electrons. The van der Waals surface area contributed by atoms with Crippen LogP contribution in [0, 0.1) is 0 Å². The zero-order valence-electron chi connectivity index (χ0n) is 38.3. The van der Waals surface area contributed by atoms with Crippen LogP contribution in [0.15, 0.2) is 0 Å². The van der Waals surface area contributed by atoms with E-state index in [9.17, 15) is 9.90 Å². The Balaban J connectivity index is -0.000000475. The molecule has 0 atom stereocenters. The van der Waals surface area contributed by atoms with E-state index in [1.165, 1.54) is 200 Å². The quantitative estimate of drug-likeness (QED) is 0.0363. The van der Waals surface area contributed by atoms with Crippen molar-refractivity contribution < 1.29 is 24.2 Å². The lowest BCUT2D eigenvalue weighted by Gasteiger charge is -2.22. The second-order valence-corrected chi connectivity index (χ2v) is 15.6. The molecule has 0 aromatic carbocycles. The van der Waals surface area contributed by atoms with E-state index >= 15 is 0 Å². The van der Waals surface area contributed by atoms with E-state index in [1.54, 1.807) is 0 Å². The van der Waals surface area contributed by atoms with Gasteiger partial charge in [0.15, 0.2) is 0 Å². The number of unbranched alkanes of at least 4 members (excludes halogenated alkanes) is 24. The van der Waals surface area contributed by atoms with Gasteiger partial charge in [-0.15, -0.1) is 0 Å². The summed E-state index contributed by atoms with van der Waals surface area (Å²) in [5.41, 5.74) is 0. The van der Waals surface area contributed by atoms with Crippen LogP contribution in [-0.4, -0.2) is 75.0 Å². The Morgan fingerprint density at radius 2 is 0.891 bits per heavy atom. The summed E-state index contributed by atoms with van der Waals surface area (Å²) in [5, 5.41) is 13.1. The van der Waals surface area contributed by atoms with Crippen LogP contribution in [0.5, 0.6) is 0 Å². The van der Waals surface area contributed by atoms with Crippen molar-refractivity contribution in [3.05, 3.63) is 0 Å². The molecule has 0 saturated carbocycles. The number of nitrogens with zero attached hydrogens (tertiary/aromatic N) is 1. The van der Waals surface area contributed by atoms with Crippen molar-refractivity contribution in [2.75, 3.05) is 39.8 Å². The average Bonchev–Trinajstić information content (AvgIpc) is 3.19. The van der Waals surface area contributed by atoms with Crippen molar-refractivity contribution in [2.45, 2.75) is 253 Å². The lowest BCUT2D eigenvalue weighted by molar-refractivity contribution is -0.143. The maximum absolute atomic E-state index is 11.8. The van der Waals surface area contributed by atoms with Crippen molar-refractivity contribution in [3.8, 4) is 0 Å². The van der Waals surface area contributed by atoms with E-state index in [0.717, 1.165) is 44.9 Å². The number of hydrogen-bond donors (Lipinski definition) is 2. The molecule has 0 aromatic rings. The van der Waals surface area contributed by atoms with Gasteiger partial charge in [-0.1, -0.05) is 188 Å². The molecular formula is C48H100N2O5. The van der Waals surface area contributed by atoms with Gasteiger partial charge in [-0.25, -0.2) is 0 Å². The minimum absolute atomic E-state index is 0.00760. The van der Waals surface area contributed by atoms with Crippen molar-refractivity contribution >= 4 is 19.0 Å². The summed E-state index contributed by atoms with van der Waals surface area (Å²) in [6.07, 6.45) is 42.2. The molecule has 0 spiro atoms. The first kappa shape index (κ1) is 60.4. The van der Waals surface area contributed by atoms with Gasteiger partial charge in [0.1, 0.15) is 13.1 Å². The van der Waals surface area contributed by atoms with Crippen LogP contribution >= 0.6 is 0 Å². The fourth-order valence-corrected chi connectivity index (χ4v) is 6.67. The molecule has 0 aliphatic heterocycles. The van der Waals surface area contributed by atoms with E-state index < -0.39 is 0 Å². The predicted molar refractivity (Wildman–Crippen MR) is 241 cm³/mol. The molecule has 0 aromatic heterocycles. The highest BCUT2D eigenvalue weighted by atomic mass is 16.5. The smallest absolute Gasteiger partial charge is 0.305 e. The molecule has 0 unspecified atom stereocenters. The highest BCUT2D eigenvalue weighted by Gasteiger charge is 2.06. The van der Waals surface area contributed by atoms with Crippen molar-refractivity contribution in [1.82, 2.24) is 10.2 Å². The number of ether oxygens (including phenoxy) is 1. The number of aldehydes is 1. The van der Waals surface area contributed by atoms with Gasteiger partial charge in [-0.3, -0.25) is 4.79 Å². The molecule has 55 heavy (non-hydrogen) atoms. The molecule has 7 nitrogen and oxygen atoms in total. The third kappa shape index (κ3) is 62.1. The zero-order valence-corrected chi connectivity index (χ0v) is 38.3. The molecule has 0 fully saturated rings. The Kier molecular flexibility index (Phi) is 65.2. The average molecular weight is 785 g/mol. The molecule has 0 aliphatic carbocycles. The van der Waals surface area contributed by atoms with Gasteiger partial charge in [-0.05, 0) is 85.1 Å². The Labute approximate surface area is 345 Å². The number of nitrogens with one attached hydrogen (secondary N) is 1. The van der Waals surface area contributed by atoms with E-state index in [0.29, 0.717) is 13.0 Å². The second-order valence-electron chi connectivity index (χ2n) is 15.6. The summed E-state index contributed by atoms with van der Waals surface area (Å²) in [5.74, 6) is 0.00760. The summed E-state index contributed by atoms with van der Waals surface area (Å²) >= 11 is 0. The van der Waals surface area contributed by atoms with Crippen LogP contribution in [0.2, 0.25) is 0 Å². The summed E-state index contributed by atoms with van der Waals surface area (Å²) in [6.45, 7) is 17.9. The molecule has 0 amide bonds. The van der Waals surface area contributed by atoms with Crippen LogP contribution in [0.4, 0.5) is 0 Å². The zero-order chi connectivity index (χ0) is 41.7. The van der Waals surface area contributed by atoms with Crippen molar-refractivity contribution in [2.24, 2.45) is 0 Å². The minimum atomic E-state index is -0.0256. The molecule has 0 aliphatic rings. The fraction of sp³-hybridized carbons (Fsp3) is 0.938. The molecule has 0 rings (SSSR count). The summed E-state index contributed by atoms with van der Waals surface area (Å²) < 4.78 is 5.37. The lowest BCUT2D eigenvalue weighted by atomic mass is 10.0. The molecule has 0 radical (unpaired) electrons. The van der Waals surface area contributed by atoms with Gasteiger partial charge >= 0.3 is 5.97 Å². The van der Waals surface area contributed by atoms with E-state index in [2.05, 4.69) is 37.9 Å². The van der Waals surface area contributed by atoms with Gasteiger partial charge < -0.3 is 29.6 Å². The number of esters is 1. The van der Waals surface area contributed by atoms with Gasteiger partial charge in [0.25, 0.3) is 0 Å². The normalized spacial score (nSPS) is 10.6. The SMILES string of the molecule is C=O.CC=O.CCCCCCCCC(O)CCCCCCCC.CCCCCCCCOC(=O)CCCCCCCN(CCCCCCCC)CCCNC. The first-order valence-corrected chi connectivity index (χ1v) is 23.9. The van der Waals surface area contributed by atoms with E-state index in [-0.39, 0.29) is 12.1 Å². The maximum Gasteiger partial charge on any atom is 0.305 e. The predicted octanol–water partition coefficient (Wildman–Crippen LogP) is 13.4. The largest absolute Gasteiger partial charge is 0.466 e. The monoisotopic (exact) mass is 785 g/mol. The molecule has 0 heterocycles. The Morgan fingerprint density at radius 3 is 1.29 bits per heavy atom. The number of rotatable bonds is 40. The van der Waals surface area contributed by atoms with Crippen molar-refractivity contribution in [1.29, 1.82) is 0 Å². The number of aliphatic hydroxyl groups is 1. The van der Waals surface area contributed by atoms with E-state index in [4.69, 9.17) is 14.3 Å². The summed E-state index contributed by atoms with van der Waals surface area (Å²) in [4.78, 5) is 31.3. The third-order valence-electron chi connectivity index (χ3n) is 10.1. The second kappa shape index (κ2) is 59.4. The molecule has 7 heteroatoms. The molecule has 2 N–H and O–H groups in total. The highest BCUT2D eigenvalue weighted by molar-refractivity contribution is 5.69. The number of carbonyl (C=O) groups excluding carboxylic acids is 3. The highest BCUT2D eigenvalue weighted by Crippen LogP contribution is 2.14. The Morgan fingerprint density at radius 1 is 0.564 bits per heavy atom. The first-order chi connectivity index (χ1) is 27.0. The van der Waals surface area contributed by atoms with Crippen LogP contribution < -0.4 is 5.32 Å². The fourth-order valence-electron chi connectivity index (χ4n) is 6.67. The van der Waals surface area contributed by atoms with Gasteiger partial charge in [0.05, 0.1) is 12.7 Å². The van der Waals surface area contributed by atoms with Gasteiger partial charge in [0.2, 0.25) is 0 Å². The van der Waals surface area contributed by atoms with Crippen LogP contribution in [0.25, 0.3) is 0 Å². The number of hydrogen-bond acceptors (Lipinski definition) is 7. The summed E-state index contributed by atoms with van der Waals surface area (Å²) in [6, 6.07) is 0. The Hall–Kier alpha value is -1.31. The standard InChI is InChI=1S/C28H58N2O2.C17H36O.C2H4O.CH2O/c1-4-6-8-10-14-18-24-30(26-21-23-29-3)25-19-15-12-13-17-22-28(31)32-27-20-16-11-9-7-5-2;1-3-5-7-9-11-13-15-17(18)16-14-12-10-8-6-4-2;1-2-3;1-2/h29H,4-27H2,1-3H3;17-18H,3-16H2,1-2H3;2H,1H3;1H2. The van der Waals surface area contributed by atoms with Crippen LogP contribution in [0.1, 0.15) is 247 Å². The molecular weight excluding hydrogens is 685 g/mol. The van der Waals surface area contributed by atoms with Gasteiger partial charge in [0, 0.05) is 6.42 Å². The number of aliphatic hydroxyl groups excluding tert-OH is 1. The minimum Gasteiger partial charge on any atom is -0.466 e. The third-order valence-corrected chi connectivity index (χ3v) is 10.1. The molecule has 0 bridgehead atoms. The first-order valence-electron chi connectivity index (χ1n) is 23.9. The maximum atomic E-state index is 11.8. The lowest BCUT2D eigenvalue weighted by Crippen LogP contribution is -2.29. The number of carbonyl (C=O) groups is 3. The van der Waals surface area contributed by atoms with Crippen molar-refractivity contribution in [3.63, 3.8) is 0 Å². The summed E-state index contributed by atoms with van der Waals surface area (Å²) in [7, 11) is 2.04. The van der Waals surface area contributed by atoms with Crippen LogP contribution in [0.3, 0.4) is 0 Å². The topological polar surface area (TPSA) is 95.9 Å². The Bertz CT molecular complexity index is 665. The van der Waals surface area contributed by atoms with Crippen LogP contribution in [-0.2, 0) is 19.1 Å². The molecule has 0 saturated heterocycles.